The van der Waals surface area contributed by atoms with Crippen molar-refractivity contribution in [2.75, 3.05) is 9.80 Å². The molecule has 3 heteroatoms. The van der Waals surface area contributed by atoms with Crippen LogP contribution in [0.1, 0.15) is 32.8 Å². The van der Waals surface area contributed by atoms with E-state index in [1.165, 1.54) is 38.6 Å². The fourth-order valence-electron chi connectivity index (χ4n) is 7.07. The lowest BCUT2D eigenvalue weighted by atomic mass is 10.0. The molecule has 0 radical (unpaired) electrons. The van der Waals surface area contributed by atoms with E-state index in [0.717, 1.165) is 47.0 Å². The SMILES string of the molecule is C=CC/C(C)=C/C=C(\C(C)C)N(c1ccc(N2C(=C)/C=C\C=C/Cc3ccccc32)cc1)c1ccc(-n2c3ccccc3c3ccccc32)cc1. The van der Waals surface area contributed by atoms with E-state index in [4.69, 9.17) is 0 Å². The van der Waals surface area contributed by atoms with Gasteiger partial charge in [-0.05, 0) is 110 Å². The Bertz CT molecular complexity index is 2270. The number of allylic oxidation sites excluding steroid dienone is 9. The Morgan fingerprint density at radius 3 is 1.94 bits per heavy atom. The van der Waals surface area contributed by atoms with Gasteiger partial charge in [-0.1, -0.05) is 111 Å². The first-order valence-electron chi connectivity index (χ1n) is 17.8. The van der Waals surface area contributed by atoms with Crippen molar-refractivity contribution < 1.29 is 0 Å². The topological polar surface area (TPSA) is 11.4 Å². The monoisotopic (exact) mass is 663 g/mol. The number of anilines is 4. The van der Waals surface area contributed by atoms with E-state index < -0.39 is 0 Å². The predicted molar refractivity (Wildman–Crippen MR) is 221 cm³/mol. The fraction of sp³-hybridized carbons (Fsp3) is 0.125. The van der Waals surface area contributed by atoms with Gasteiger partial charge >= 0.3 is 0 Å². The molecule has 1 aliphatic rings. The molecule has 0 unspecified atom stereocenters. The van der Waals surface area contributed by atoms with E-state index in [1.807, 2.05) is 6.08 Å². The normalized spacial score (nSPS) is 15.0. The maximum atomic E-state index is 4.46. The summed E-state index contributed by atoms with van der Waals surface area (Å²) in [4.78, 5) is 4.65. The predicted octanol–water partition coefficient (Wildman–Crippen LogP) is 13.3. The second-order valence-electron chi connectivity index (χ2n) is 13.4. The van der Waals surface area contributed by atoms with Crippen LogP contribution in [0.4, 0.5) is 22.7 Å². The molecule has 0 aliphatic carbocycles. The third kappa shape index (κ3) is 6.76. The Labute approximate surface area is 302 Å². The molecule has 0 amide bonds. The van der Waals surface area contributed by atoms with Crippen LogP contribution < -0.4 is 9.80 Å². The lowest BCUT2D eigenvalue weighted by Gasteiger charge is -2.32. The molecule has 0 saturated carbocycles. The first-order chi connectivity index (χ1) is 24.9. The molecule has 0 fully saturated rings. The second kappa shape index (κ2) is 14.8. The van der Waals surface area contributed by atoms with Crippen LogP contribution in [0.2, 0.25) is 0 Å². The first-order valence-corrected chi connectivity index (χ1v) is 17.8. The van der Waals surface area contributed by atoms with E-state index in [2.05, 4.69) is 206 Å². The highest BCUT2D eigenvalue weighted by molar-refractivity contribution is 6.09. The summed E-state index contributed by atoms with van der Waals surface area (Å²) in [7, 11) is 0. The van der Waals surface area contributed by atoms with Gasteiger partial charge < -0.3 is 14.4 Å². The molecule has 0 N–H and O–H groups in total. The molecule has 0 atom stereocenters. The van der Waals surface area contributed by atoms with Gasteiger partial charge in [0.15, 0.2) is 0 Å². The molecular weight excluding hydrogens is 619 g/mol. The second-order valence-corrected chi connectivity index (χ2v) is 13.4. The van der Waals surface area contributed by atoms with Crippen LogP contribution in [0.3, 0.4) is 0 Å². The number of hydrogen-bond acceptors (Lipinski definition) is 2. The number of hydrogen-bond donors (Lipinski definition) is 0. The Hall–Kier alpha value is -6.06. The zero-order valence-electron chi connectivity index (χ0n) is 29.8. The van der Waals surface area contributed by atoms with Crippen molar-refractivity contribution in [2.45, 2.75) is 33.6 Å². The molecule has 0 spiro atoms. The van der Waals surface area contributed by atoms with E-state index >= 15 is 0 Å². The van der Waals surface area contributed by atoms with Crippen molar-refractivity contribution in [3.63, 3.8) is 0 Å². The molecule has 6 aromatic rings. The number of benzene rings is 5. The highest BCUT2D eigenvalue weighted by atomic mass is 15.2. The summed E-state index contributed by atoms with van der Waals surface area (Å²) in [5.74, 6) is 0.261. The van der Waals surface area contributed by atoms with Crippen LogP contribution in [0, 0.1) is 5.92 Å². The summed E-state index contributed by atoms with van der Waals surface area (Å²) in [6, 6.07) is 43.8. The van der Waals surface area contributed by atoms with Gasteiger partial charge in [0.2, 0.25) is 0 Å². The molecule has 2 heterocycles. The average Bonchev–Trinajstić information content (AvgIpc) is 3.52. The summed E-state index contributed by atoms with van der Waals surface area (Å²) in [5.41, 5.74) is 12.6. The van der Waals surface area contributed by atoms with Crippen LogP contribution >= 0.6 is 0 Å². The molecule has 1 aliphatic heterocycles. The summed E-state index contributed by atoms with van der Waals surface area (Å²) in [6.07, 6.45) is 16.6. The smallest absolute Gasteiger partial charge is 0.0541 e. The number of aromatic nitrogens is 1. The molecule has 5 aromatic carbocycles. The van der Waals surface area contributed by atoms with E-state index in [1.54, 1.807) is 0 Å². The van der Waals surface area contributed by atoms with E-state index in [-0.39, 0.29) is 5.92 Å². The van der Waals surface area contributed by atoms with Crippen molar-refractivity contribution >= 4 is 44.6 Å². The van der Waals surface area contributed by atoms with Gasteiger partial charge in [-0.15, -0.1) is 6.58 Å². The molecule has 3 nitrogen and oxygen atoms in total. The van der Waals surface area contributed by atoms with E-state index in [0.29, 0.717) is 0 Å². The van der Waals surface area contributed by atoms with Gasteiger partial charge in [0.25, 0.3) is 0 Å². The van der Waals surface area contributed by atoms with Crippen LogP contribution in [0.5, 0.6) is 0 Å². The van der Waals surface area contributed by atoms with Gasteiger partial charge in [-0.25, -0.2) is 0 Å². The van der Waals surface area contributed by atoms with Crippen molar-refractivity contribution in [2.24, 2.45) is 5.92 Å². The highest BCUT2D eigenvalue weighted by Crippen LogP contribution is 2.39. The minimum Gasteiger partial charge on any atom is -0.314 e. The molecule has 1 aromatic heterocycles. The summed E-state index contributed by atoms with van der Waals surface area (Å²) >= 11 is 0. The molecule has 252 valence electrons. The van der Waals surface area contributed by atoms with Gasteiger partial charge in [-0.3, -0.25) is 0 Å². The van der Waals surface area contributed by atoms with Crippen molar-refractivity contribution in [1.29, 1.82) is 0 Å². The van der Waals surface area contributed by atoms with Crippen molar-refractivity contribution in [3.05, 3.63) is 200 Å². The Balaban J connectivity index is 1.33. The zero-order valence-corrected chi connectivity index (χ0v) is 29.8. The maximum Gasteiger partial charge on any atom is 0.0541 e. The number of fused-ring (bicyclic) bond motifs is 4. The minimum atomic E-state index is 0.261. The van der Waals surface area contributed by atoms with Crippen LogP contribution in [0.25, 0.3) is 27.5 Å². The number of nitrogens with zero attached hydrogens (tertiary/aromatic N) is 3. The van der Waals surface area contributed by atoms with Crippen LogP contribution in [-0.2, 0) is 6.42 Å². The number of rotatable bonds is 9. The summed E-state index contributed by atoms with van der Waals surface area (Å²) in [6.45, 7) is 15.1. The van der Waals surface area contributed by atoms with Gasteiger partial charge in [0.1, 0.15) is 0 Å². The average molecular weight is 664 g/mol. The molecule has 51 heavy (non-hydrogen) atoms. The van der Waals surface area contributed by atoms with Crippen LogP contribution in [0.15, 0.2) is 194 Å². The zero-order chi connectivity index (χ0) is 35.3. The molecular formula is C48H45N3. The number of para-hydroxylation sites is 3. The Morgan fingerprint density at radius 2 is 1.31 bits per heavy atom. The first kappa shape index (κ1) is 33.4. The van der Waals surface area contributed by atoms with Gasteiger partial charge in [-0.2, -0.15) is 0 Å². The third-order valence-corrected chi connectivity index (χ3v) is 9.56. The molecule has 0 bridgehead atoms. The lowest BCUT2D eigenvalue weighted by Crippen LogP contribution is -2.21. The quantitative estimate of drug-likeness (QED) is 0.113. The highest BCUT2D eigenvalue weighted by Gasteiger charge is 2.21. The Morgan fingerprint density at radius 1 is 0.725 bits per heavy atom. The van der Waals surface area contributed by atoms with Gasteiger partial charge in [0.05, 0.1) is 11.0 Å². The summed E-state index contributed by atoms with van der Waals surface area (Å²) < 4.78 is 2.37. The largest absolute Gasteiger partial charge is 0.314 e. The maximum absolute atomic E-state index is 4.46. The Kier molecular flexibility index (Phi) is 9.72. The van der Waals surface area contributed by atoms with Gasteiger partial charge in [0, 0.05) is 50.6 Å². The lowest BCUT2D eigenvalue weighted by molar-refractivity contribution is 0.745. The standard InChI is InChI=1S/C48H45N3/c1-6-16-36(4)25-34-45(35(2)3)50(40-28-26-39(27-29-40)49-37(5)17-8-7-9-18-38-19-10-13-22-46(38)49)41-30-32-42(33-31-41)51-47-23-14-11-20-43(47)44-21-12-15-24-48(44)51/h6-15,17,19-35H,1,5,16,18H2,2-4H3/b9-7-,17-8-,36-25+,45-34+. The third-order valence-electron chi connectivity index (χ3n) is 9.56. The van der Waals surface area contributed by atoms with Crippen LogP contribution in [-0.4, -0.2) is 4.57 Å². The molecule has 0 saturated heterocycles. The minimum absolute atomic E-state index is 0.261. The fourth-order valence-corrected chi connectivity index (χ4v) is 7.07. The van der Waals surface area contributed by atoms with Crippen molar-refractivity contribution in [1.82, 2.24) is 4.57 Å². The van der Waals surface area contributed by atoms with Crippen molar-refractivity contribution in [3.8, 4) is 5.69 Å². The molecule has 7 rings (SSSR count). The van der Waals surface area contributed by atoms with E-state index in [9.17, 15) is 0 Å². The summed E-state index contributed by atoms with van der Waals surface area (Å²) in [5, 5.41) is 2.52.